The number of nitrogens with zero attached hydrogens (tertiary/aromatic N) is 4. The van der Waals surface area contributed by atoms with E-state index >= 15 is 0 Å². The van der Waals surface area contributed by atoms with Gasteiger partial charge in [-0.25, -0.2) is 4.98 Å². The first-order valence-corrected chi connectivity index (χ1v) is 12.6. The highest BCUT2D eigenvalue weighted by Crippen LogP contribution is 2.32. The van der Waals surface area contributed by atoms with Crippen molar-refractivity contribution in [3.8, 4) is 23.0 Å². The van der Waals surface area contributed by atoms with Gasteiger partial charge in [-0.2, -0.15) is 4.98 Å². The molecule has 4 aromatic rings. The van der Waals surface area contributed by atoms with Crippen LogP contribution in [0.3, 0.4) is 0 Å². The number of morpholine rings is 1. The third-order valence-corrected chi connectivity index (χ3v) is 6.90. The fourth-order valence-corrected chi connectivity index (χ4v) is 4.94. The van der Waals surface area contributed by atoms with E-state index in [4.69, 9.17) is 26.1 Å². The molecule has 1 N–H and O–H groups in total. The number of pyridine rings is 1. The van der Waals surface area contributed by atoms with E-state index in [0.29, 0.717) is 40.1 Å². The molecule has 0 saturated carbocycles. The predicted molar refractivity (Wildman–Crippen MR) is 140 cm³/mol. The number of H-pyrrole nitrogens is 1. The van der Waals surface area contributed by atoms with Crippen molar-refractivity contribution in [2.75, 3.05) is 42.6 Å². The van der Waals surface area contributed by atoms with Gasteiger partial charge in [0.2, 0.25) is 5.91 Å². The fourth-order valence-electron chi connectivity index (χ4n) is 4.68. The van der Waals surface area contributed by atoms with E-state index < -0.39 is 0 Å². The lowest BCUT2D eigenvalue weighted by Gasteiger charge is -2.28. The van der Waals surface area contributed by atoms with Gasteiger partial charge in [0, 0.05) is 43.0 Å². The lowest BCUT2D eigenvalue weighted by molar-refractivity contribution is -0.119. The van der Waals surface area contributed by atoms with Crippen LogP contribution in [0.25, 0.3) is 22.4 Å². The lowest BCUT2D eigenvalue weighted by atomic mass is 10.1. The molecule has 2 aliphatic rings. The third-order valence-electron chi connectivity index (χ3n) is 6.61. The third kappa shape index (κ3) is 4.62. The van der Waals surface area contributed by atoms with Gasteiger partial charge in [0.25, 0.3) is 0 Å². The van der Waals surface area contributed by atoms with Gasteiger partial charge in [0.1, 0.15) is 5.75 Å². The number of hydrogen-bond donors (Lipinski definition) is 1. The molecule has 9 heteroatoms. The number of aromatic nitrogens is 3. The molecule has 4 heterocycles. The van der Waals surface area contributed by atoms with Crippen LogP contribution in [0.15, 0.2) is 54.6 Å². The number of fused-ring (bicyclic) bond motifs is 1. The maximum atomic E-state index is 12.2. The zero-order valence-corrected chi connectivity index (χ0v) is 20.5. The second-order valence-corrected chi connectivity index (χ2v) is 9.38. The molecular formula is C27H26ClN5O3. The predicted octanol–water partition coefficient (Wildman–Crippen LogP) is 5.42. The summed E-state index contributed by atoms with van der Waals surface area (Å²) >= 11 is 6.59. The van der Waals surface area contributed by atoms with Gasteiger partial charge >= 0.3 is 6.01 Å². The number of hydrogen-bond acceptors (Lipinski definition) is 6. The molecule has 2 aliphatic heterocycles. The summed E-state index contributed by atoms with van der Waals surface area (Å²) in [5.74, 6) is 0.786. The molecule has 2 aromatic carbocycles. The van der Waals surface area contributed by atoms with Crippen LogP contribution in [-0.4, -0.2) is 53.7 Å². The number of nitrogens with one attached hydrogen (secondary N) is 1. The average Bonchev–Trinajstić information content (AvgIpc) is 3.30. The zero-order valence-electron chi connectivity index (χ0n) is 19.7. The minimum Gasteiger partial charge on any atom is -0.426 e. The van der Waals surface area contributed by atoms with Crippen molar-refractivity contribution in [2.24, 2.45) is 0 Å². The number of halogens is 1. The summed E-state index contributed by atoms with van der Waals surface area (Å²) in [7, 11) is 0. The number of rotatable bonds is 5. The largest absolute Gasteiger partial charge is 0.426 e. The Morgan fingerprint density at radius 2 is 1.67 bits per heavy atom. The van der Waals surface area contributed by atoms with Crippen LogP contribution in [0.5, 0.6) is 11.8 Å². The molecule has 2 aromatic heterocycles. The van der Waals surface area contributed by atoms with Crippen molar-refractivity contribution < 1.29 is 14.3 Å². The summed E-state index contributed by atoms with van der Waals surface area (Å²) < 4.78 is 11.4. The van der Waals surface area contributed by atoms with Crippen LogP contribution in [0.2, 0.25) is 5.02 Å². The minimum absolute atomic E-state index is 0.168. The van der Waals surface area contributed by atoms with Gasteiger partial charge in [-0.1, -0.05) is 23.7 Å². The molecule has 0 bridgehead atoms. The van der Waals surface area contributed by atoms with Gasteiger partial charge in [0.05, 0.1) is 29.4 Å². The first-order chi connectivity index (χ1) is 17.6. The first kappa shape index (κ1) is 22.8. The number of benzene rings is 2. The summed E-state index contributed by atoms with van der Waals surface area (Å²) in [5.41, 5.74) is 4.86. The Labute approximate surface area is 213 Å². The molecular weight excluding hydrogens is 478 g/mol. The summed E-state index contributed by atoms with van der Waals surface area (Å²) in [6.07, 6.45) is 2.59. The van der Waals surface area contributed by atoms with E-state index in [0.717, 1.165) is 62.6 Å². The minimum atomic E-state index is 0.168. The number of aromatic amines is 1. The fraction of sp³-hybridized carbons (Fsp3) is 0.296. The van der Waals surface area contributed by atoms with Gasteiger partial charge in [-0.15, -0.1) is 0 Å². The molecule has 184 valence electrons. The molecule has 36 heavy (non-hydrogen) atoms. The second kappa shape index (κ2) is 9.79. The number of carbonyl (C=O) groups is 1. The first-order valence-electron chi connectivity index (χ1n) is 12.2. The van der Waals surface area contributed by atoms with Crippen LogP contribution in [0.4, 0.5) is 11.4 Å². The quantitative estimate of drug-likeness (QED) is 0.391. The summed E-state index contributed by atoms with van der Waals surface area (Å²) in [6.45, 7) is 4.03. The van der Waals surface area contributed by atoms with Crippen molar-refractivity contribution in [2.45, 2.75) is 19.3 Å². The summed E-state index contributed by atoms with van der Waals surface area (Å²) in [5, 5.41) is 0.535. The monoisotopic (exact) mass is 503 g/mol. The van der Waals surface area contributed by atoms with Gasteiger partial charge in [-0.05, 0) is 55.3 Å². The molecule has 1 amide bonds. The topological polar surface area (TPSA) is 83.6 Å². The Balaban J connectivity index is 1.20. The van der Waals surface area contributed by atoms with Crippen LogP contribution < -0.4 is 14.5 Å². The van der Waals surface area contributed by atoms with E-state index in [1.807, 2.05) is 47.4 Å². The Morgan fingerprint density at radius 1 is 0.917 bits per heavy atom. The van der Waals surface area contributed by atoms with Crippen LogP contribution in [-0.2, 0) is 9.53 Å². The number of carbonyl (C=O) groups excluding carboxylic acids is 1. The number of imidazole rings is 1. The number of ether oxygens (including phenoxy) is 2. The van der Waals surface area contributed by atoms with Gasteiger partial charge < -0.3 is 24.3 Å². The second-order valence-electron chi connectivity index (χ2n) is 8.98. The molecule has 6 rings (SSSR count). The van der Waals surface area contributed by atoms with E-state index in [9.17, 15) is 4.79 Å². The van der Waals surface area contributed by atoms with Gasteiger partial charge in [-0.3, -0.25) is 4.79 Å². The summed E-state index contributed by atoms with van der Waals surface area (Å²) in [4.78, 5) is 28.7. The maximum Gasteiger partial charge on any atom is 0.301 e. The van der Waals surface area contributed by atoms with Gasteiger partial charge in [0.15, 0.2) is 5.65 Å². The van der Waals surface area contributed by atoms with E-state index in [1.54, 1.807) is 0 Å². The summed E-state index contributed by atoms with van der Waals surface area (Å²) in [6, 6.07) is 17.9. The smallest absolute Gasteiger partial charge is 0.301 e. The zero-order chi connectivity index (χ0) is 24.5. The lowest BCUT2D eigenvalue weighted by Crippen LogP contribution is -2.36. The standard InChI is InChI=1S/C27H26ClN5O3/c28-22-17-23-26(30-25(22)18-4-6-19(7-5-18)32-13-15-35-16-14-32)31-27(29-23)36-21-10-8-20(9-11-21)33-12-2-1-3-24(33)34/h4-11,17H,1-3,12-16H2,(H,29,30,31). The van der Waals surface area contributed by atoms with Crippen molar-refractivity contribution in [3.63, 3.8) is 0 Å². The Bertz CT molecular complexity index is 1380. The highest BCUT2D eigenvalue weighted by molar-refractivity contribution is 6.33. The molecule has 0 atom stereocenters. The number of piperidine rings is 1. The highest BCUT2D eigenvalue weighted by Gasteiger charge is 2.20. The van der Waals surface area contributed by atoms with E-state index in [2.05, 4.69) is 27.0 Å². The average molecular weight is 504 g/mol. The maximum absolute atomic E-state index is 12.2. The Kier molecular flexibility index (Phi) is 6.21. The molecule has 0 spiro atoms. The Hall–Kier alpha value is -3.62. The number of anilines is 2. The van der Waals surface area contributed by atoms with E-state index in [1.165, 1.54) is 0 Å². The molecule has 0 unspecified atom stereocenters. The van der Waals surface area contributed by atoms with E-state index in [-0.39, 0.29) is 5.91 Å². The van der Waals surface area contributed by atoms with Crippen molar-refractivity contribution >= 4 is 40.0 Å². The normalized spacial score (nSPS) is 16.5. The molecule has 0 aliphatic carbocycles. The van der Waals surface area contributed by atoms with Crippen molar-refractivity contribution in [1.29, 1.82) is 0 Å². The van der Waals surface area contributed by atoms with Crippen LogP contribution >= 0.6 is 11.6 Å². The Morgan fingerprint density at radius 3 is 2.42 bits per heavy atom. The molecule has 2 saturated heterocycles. The number of amides is 1. The SMILES string of the molecule is O=C1CCCCN1c1ccc(Oc2nc3nc(-c4ccc(N5CCOCC5)cc4)c(Cl)cc3[nH]2)cc1. The molecule has 0 radical (unpaired) electrons. The van der Waals surface area contributed by atoms with Crippen molar-refractivity contribution in [1.82, 2.24) is 15.0 Å². The molecule has 8 nitrogen and oxygen atoms in total. The molecule has 2 fully saturated rings. The van der Waals surface area contributed by atoms with Crippen LogP contribution in [0, 0.1) is 0 Å². The van der Waals surface area contributed by atoms with Crippen molar-refractivity contribution in [3.05, 3.63) is 59.6 Å². The highest BCUT2D eigenvalue weighted by atomic mass is 35.5. The van der Waals surface area contributed by atoms with Crippen LogP contribution in [0.1, 0.15) is 19.3 Å².